The molecule has 0 aliphatic heterocycles. The molecule has 0 bridgehead atoms. The second kappa shape index (κ2) is 6.04. The molecular weight excluding hydrogens is 298 g/mol. The van der Waals surface area contributed by atoms with E-state index >= 15 is 0 Å². The van der Waals surface area contributed by atoms with Gasteiger partial charge < -0.3 is 10.0 Å². The van der Waals surface area contributed by atoms with Crippen LogP contribution in [0.15, 0.2) is 42.6 Å². The van der Waals surface area contributed by atoms with Crippen LogP contribution >= 0.6 is 0 Å². The summed E-state index contributed by atoms with van der Waals surface area (Å²) in [4.78, 5) is 28.5. The highest BCUT2D eigenvalue weighted by molar-refractivity contribution is 5.95. The molecular formula is C16H15N3O4. The molecule has 1 N–H and O–H groups in total. The molecule has 1 fully saturated rings. The van der Waals surface area contributed by atoms with Gasteiger partial charge in [-0.15, -0.1) is 0 Å². The zero-order chi connectivity index (χ0) is 16.4. The molecule has 1 heterocycles. The number of nitro benzene ring substituents is 1. The maximum atomic E-state index is 12.6. The first-order valence-electron chi connectivity index (χ1n) is 7.24. The molecule has 118 valence electrons. The van der Waals surface area contributed by atoms with Gasteiger partial charge in [0.25, 0.3) is 11.6 Å². The predicted octanol–water partition coefficient (Wildman–Crippen LogP) is 2.50. The standard InChI is InChI=1S/C16H15N3O4/c20-14-2-1-9-17-15(14)16(21)18(12-7-8-12)10-11-3-5-13(6-4-11)19(22)23/h1-6,9,12,20H,7-8,10H2. The number of nitrogens with zero attached hydrogens (tertiary/aromatic N) is 3. The molecule has 3 rings (SSSR count). The second-order valence-corrected chi connectivity index (χ2v) is 5.46. The zero-order valence-corrected chi connectivity index (χ0v) is 12.3. The minimum atomic E-state index is -0.459. The van der Waals surface area contributed by atoms with E-state index < -0.39 is 4.92 Å². The van der Waals surface area contributed by atoms with E-state index in [1.807, 2.05) is 0 Å². The topological polar surface area (TPSA) is 96.6 Å². The van der Waals surface area contributed by atoms with E-state index in [0.717, 1.165) is 18.4 Å². The van der Waals surface area contributed by atoms with Crippen molar-refractivity contribution in [3.8, 4) is 5.75 Å². The van der Waals surface area contributed by atoms with Gasteiger partial charge in [-0.1, -0.05) is 12.1 Å². The minimum absolute atomic E-state index is 0.0143. The van der Waals surface area contributed by atoms with Crippen LogP contribution in [0.1, 0.15) is 28.9 Å². The van der Waals surface area contributed by atoms with Crippen LogP contribution in [0.2, 0.25) is 0 Å². The average Bonchev–Trinajstić information content (AvgIpc) is 3.37. The van der Waals surface area contributed by atoms with Crippen LogP contribution in [0.4, 0.5) is 5.69 Å². The maximum absolute atomic E-state index is 12.6. The third-order valence-corrected chi connectivity index (χ3v) is 3.74. The van der Waals surface area contributed by atoms with Crippen LogP contribution in [-0.4, -0.2) is 31.9 Å². The van der Waals surface area contributed by atoms with E-state index in [1.165, 1.54) is 24.4 Å². The minimum Gasteiger partial charge on any atom is -0.505 e. The number of pyridine rings is 1. The molecule has 1 aliphatic rings. The van der Waals surface area contributed by atoms with Crippen molar-refractivity contribution in [2.24, 2.45) is 0 Å². The molecule has 1 aromatic carbocycles. The van der Waals surface area contributed by atoms with Crippen LogP contribution in [0, 0.1) is 10.1 Å². The summed E-state index contributed by atoms with van der Waals surface area (Å²) in [7, 11) is 0. The van der Waals surface area contributed by atoms with Crippen molar-refractivity contribution in [3.63, 3.8) is 0 Å². The SMILES string of the molecule is O=C(c1ncccc1O)N(Cc1ccc([N+](=O)[O-])cc1)C1CC1. The Hall–Kier alpha value is -2.96. The van der Waals surface area contributed by atoms with Gasteiger partial charge in [0, 0.05) is 30.9 Å². The monoisotopic (exact) mass is 313 g/mol. The van der Waals surface area contributed by atoms with Gasteiger partial charge in [-0.05, 0) is 30.5 Å². The summed E-state index contributed by atoms with van der Waals surface area (Å²) in [6, 6.07) is 9.23. The Labute approximate surface area is 132 Å². The van der Waals surface area contributed by atoms with Crippen molar-refractivity contribution >= 4 is 11.6 Å². The van der Waals surface area contributed by atoms with Gasteiger partial charge >= 0.3 is 0 Å². The fourth-order valence-corrected chi connectivity index (χ4v) is 2.37. The summed E-state index contributed by atoms with van der Waals surface area (Å²) in [5, 5.41) is 20.5. The van der Waals surface area contributed by atoms with Crippen LogP contribution in [0.5, 0.6) is 5.75 Å². The second-order valence-electron chi connectivity index (χ2n) is 5.46. The number of non-ortho nitro benzene ring substituents is 1. The Morgan fingerprint density at radius 3 is 2.57 bits per heavy atom. The van der Waals surface area contributed by atoms with Crippen molar-refractivity contribution in [2.75, 3.05) is 0 Å². The average molecular weight is 313 g/mol. The van der Waals surface area contributed by atoms with Gasteiger partial charge in [-0.3, -0.25) is 14.9 Å². The highest BCUT2D eigenvalue weighted by atomic mass is 16.6. The van der Waals surface area contributed by atoms with E-state index in [9.17, 15) is 20.0 Å². The number of benzene rings is 1. The molecule has 0 atom stereocenters. The molecule has 0 unspecified atom stereocenters. The van der Waals surface area contributed by atoms with E-state index in [-0.39, 0.29) is 29.1 Å². The van der Waals surface area contributed by atoms with Gasteiger partial charge in [0.05, 0.1) is 4.92 Å². The summed E-state index contributed by atoms with van der Waals surface area (Å²) < 4.78 is 0. The molecule has 23 heavy (non-hydrogen) atoms. The Kier molecular flexibility index (Phi) is 3.92. The van der Waals surface area contributed by atoms with Crippen LogP contribution in [0.25, 0.3) is 0 Å². The Balaban J connectivity index is 1.81. The van der Waals surface area contributed by atoms with Gasteiger partial charge in [0.2, 0.25) is 0 Å². The highest BCUT2D eigenvalue weighted by Crippen LogP contribution is 2.31. The lowest BCUT2D eigenvalue weighted by Gasteiger charge is -2.22. The Bertz CT molecular complexity index is 741. The lowest BCUT2D eigenvalue weighted by Crippen LogP contribution is -2.33. The molecule has 2 aromatic rings. The first-order chi connectivity index (χ1) is 11.1. The molecule has 7 nitrogen and oxygen atoms in total. The van der Waals surface area contributed by atoms with Crippen molar-refractivity contribution in [3.05, 3.63) is 64.0 Å². The van der Waals surface area contributed by atoms with Gasteiger partial charge in [-0.2, -0.15) is 0 Å². The summed E-state index contributed by atoms with van der Waals surface area (Å²) in [5.74, 6) is -0.476. The molecule has 7 heteroatoms. The predicted molar refractivity (Wildman–Crippen MR) is 81.9 cm³/mol. The highest BCUT2D eigenvalue weighted by Gasteiger charge is 2.34. The Morgan fingerprint density at radius 1 is 1.30 bits per heavy atom. The number of nitro groups is 1. The third-order valence-electron chi connectivity index (χ3n) is 3.74. The number of carbonyl (C=O) groups is 1. The van der Waals surface area contributed by atoms with Crippen LogP contribution in [-0.2, 0) is 6.54 Å². The summed E-state index contributed by atoms with van der Waals surface area (Å²) in [6.07, 6.45) is 3.28. The third kappa shape index (κ3) is 3.28. The molecule has 0 saturated heterocycles. The summed E-state index contributed by atoms with van der Waals surface area (Å²) in [5.41, 5.74) is 0.841. The number of rotatable bonds is 5. The number of hydrogen-bond acceptors (Lipinski definition) is 5. The largest absolute Gasteiger partial charge is 0.505 e. The normalized spacial score (nSPS) is 13.6. The van der Waals surface area contributed by atoms with E-state index in [2.05, 4.69) is 4.98 Å². The fourth-order valence-electron chi connectivity index (χ4n) is 2.37. The molecule has 1 aromatic heterocycles. The number of carbonyl (C=O) groups excluding carboxylic acids is 1. The lowest BCUT2D eigenvalue weighted by molar-refractivity contribution is -0.384. The first-order valence-corrected chi connectivity index (χ1v) is 7.24. The Morgan fingerprint density at radius 2 is 2.00 bits per heavy atom. The van der Waals surface area contributed by atoms with E-state index in [1.54, 1.807) is 23.1 Å². The number of aromatic hydroxyl groups is 1. The molecule has 1 amide bonds. The molecule has 0 spiro atoms. The van der Waals surface area contributed by atoms with Gasteiger partial charge in [-0.25, -0.2) is 4.98 Å². The van der Waals surface area contributed by atoms with Gasteiger partial charge in [0.1, 0.15) is 5.75 Å². The molecule has 1 aliphatic carbocycles. The van der Waals surface area contributed by atoms with Crippen molar-refractivity contribution in [1.82, 2.24) is 9.88 Å². The smallest absolute Gasteiger partial charge is 0.276 e. The number of amides is 1. The quantitative estimate of drug-likeness (QED) is 0.675. The number of hydrogen-bond donors (Lipinski definition) is 1. The van der Waals surface area contributed by atoms with Gasteiger partial charge in [0.15, 0.2) is 5.69 Å². The summed E-state index contributed by atoms with van der Waals surface area (Å²) in [6.45, 7) is 0.331. The van der Waals surface area contributed by atoms with E-state index in [0.29, 0.717) is 6.54 Å². The zero-order valence-electron chi connectivity index (χ0n) is 12.3. The van der Waals surface area contributed by atoms with Crippen LogP contribution in [0.3, 0.4) is 0 Å². The maximum Gasteiger partial charge on any atom is 0.276 e. The van der Waals surface area contributed by atoms with E-state index in [4.69, 9.17) is 0 Å². The summed E-state index contributed by atoms with van der Waals surface area (Å²) >= 11 is 0. The van der Waals surface area contributed by atoms with Crippen LogP contribution < -0.4 is 0 Å². The number of aromatic nitrogens is 1. The van der Waals surface area contributed by atoms with Crippen molar-refractivity contribution in [1.29, 1.82) is 0 Å². The first kappa shape index (κ1) is 15.0. The van der Waals surface area contributed by atoms with Crippen molar-refractivity contribution < 1.29 is 14.8 Å². The van der Waals surface area contributed by atoms with Crippen molar-refractivity contribution in [2.45, 2.75) is 25.4 Å². The molecule has 1 saturated carbocycles. The lowest BCUT2D eigenvalue weighted by atomic mass is 10.1. The fraction of sp³-hybridized carbons (Fsp3) is 0.250. The molecule has 0 radical (unpaired) electrons.